The SMILES string of the molecule is COCCC(C(=O)O)n1cc(OC)c(-c2cc(Cl)ccc2-c2cnco2)cc1=O. The molecular formula is C20H19ClN2O6. The van der Waals surface area contributed by atoms with E-state index in [9.17, 15) is 14.7 Å². The van der Waals surface area contributed by atoms with Crippen LogP contribution >= 0.6 is 11.6 Å². The first kappa shape index (κ1) is 20.6. The Labute approximate surface area is 171 Å². The molecule has 0 saturated heterocycles. The second kappa shape index (κ2) is 8.93. The second-order valence-electron chi connectivity index (χ2n) is 6.19. The number of ether oxygens (including phenoxy) is 2. The molecule has 2 aromatic heterocycles. The van der Waals surface area contributed by atoms with Gasteiger partial charge >= 0.3 is 5.97 Å². The Hall–Kier alpha value is -3.10. The summed E-state index contributed by atoms with van der Waals surface area (Å²) in [5.41, 5.74) is 1.22. The van der Waals surface area contributed by atoms with E-state index in [0.717, 1.165) is 4.57 Å². The predicted molar refractivity (Wildman–Crippen MR) is 106 cm³/mol. The molecule has 0 fully saturated rings. The number of benzene rings is 1. The molecule has 3 rings (SSSR count). The number of pyridine rings is 1. The van der Waals surface area contributed by atoms with Gasteiger partial charge in [0.05, 0.1) is 19.5 Å². The Morgan fingerprint density at radius 3 is 2.69 bits per heavy atom. The summed E-state index contributed by atoms with van der Waals surface area (Å²) in [6.45, 7) is 0.192. The minimum Gasteiger partial charge on any atom is -0.495 e. The number of hydrogen-bond acceptors (Lipinski definition) is 6. The molecule has 29 heavy (non-hydrogen) atoms. The first-order valence-electron chi connectivity index (χ1n) is 8.67. The molecular weight excluding hydrogens is 400 g/mol. The van der Waals surface area contributed by atoms with Gasteiger partial charge in [-0.15, -0.1) is 0 Å². The monoisotopic (exact) mass is 418 g/mol. The molecule has 8 nitrogen and oxygen atoms in total. The highest BCUT2D eigenvalue weighted by molar-refractivity contribution is 6.31. The van der Waals surface area contributed by atoms with Crippen LogP contribution in [-0.2, 0) is 9.53 Å². The largest absolute Gasteiger partial charge is 0.495 e. The highest BCUT2D eigenvalue weighted by Gasteiger charge is 2.23. The van der Waals surface area contributed by atoms with E-state index in [0.29, 0.717) is 33.2 Å². The summed E-state index contributed by atoms with van der Waals surface area (Å²) in [4.78, 5) is 28.4. The topological polar surface area (TPSA) is 104 Å². The Morgan fingerprint density at radius 1 is 1.28 bits per heavy atom. The van der Waals surface area contributed by atoms with E-state index in [1.807, 2.05) is 0 Å². The van der Waals surface area contributed by atoms with E-state index in [2.05, 4.69) is 4.98 Å². The summed E-state index contributed by atoms with van der Waals surface area (Å²) in [5.74, 6) is -0.327. The quantitative estimate of drug-likeness (QED) is 0.597. The van der Waals surface area contributed by atoms with Crippen molar-refractivity contribution in [3.8, 4) is 28.2 Å². The first-order chi connectivity index (χ1) is 14.0. The Balaban J connectivity index is 2.18. The summed E-state index contributed by atoms with van der Waals surface area (Å²) >= 11 is 6.18. The number of halogens is 1. The average Bonchev–Trinajstić information content (AvgIpc) is 3.23. The third-order valence-electron chi connectivity index (χ3n) is 4.45. The number of methoxy groups -OCH3 is 2. The molecule has 1 N–H and O–H groups in total. The van der Waals surface area contributed by atoms with Crippen LogP contribution in [0.15, 0.2) is 52.3 Å². The van der Waals surface area contributed by atoms with Gasteiger partial charge < -0.3 is 19.0 Å². The van der Waals surface area contributed by atoms with Crippen LogP contribution in [0.1, 0.15) is 12.5 Å². The Bertz CT molecular complexity index is 1060. The lowest BCUT2D eigenvalue weighted by Gasteiger charge is -2.19. The van der Waals surface area contributed by atoms with Crippen molar-refractivity contribution in [2.75, 3.05) is 20.8 Å². The molecule has 0 radical (unpaired) electrons. The van der Waals surface area contributed by atoms with Crippen molar-refractivity contribution in [3.05, 3.63) is 58.4 Å². The first-order valence-corrected chi connectivity index (χ1v) is 9.04. The molecule has 0 saturated carbocycles. The van der Waals surface area contributed by atoms with Crippen molar-refractivity contribution in [1.82, 2.24) is 9.55 Å². The van der Waals surface area contributed by atoms with Gasteiger partial charge in [-0.05, 0) is 23.8 Å². The van der Waals surface area contributed by atoms with E-state index in [1.165, 1.54) is 32.9 Å². The maximum absolute atomic E-state index is 12.8. The number of oxazole rings is 1. The molecule has 2 heterocycles. The van der Waals surface area contributed by atoms with Crippen LogP contribution < -0.4 is 10.3 Å². The van der Waals surface area contributed by atoms with E-state index < -0.39 is 17.6 Å². The van der Waals surface area contributed by atoms with Crippen LogP contribution in [0, 0.1) is 0 Å². The summed E-state index contributed by atoms with van der Waals surface area (Å²) < 4.78 is 17.0. The van der Waals surface area contributed by atoms with Crippen molar-refractivity contribution in [2.45, 2.75) is 12.5 Å². The van der Waals surface area contributed by atoms with Gasteiger partial charge in [0.15, 0.2) is 12.2 Å². The van der Waals surface area contributed by atoms with Gasteiger partial charge in [0.2, 0.25) is 0 Å². The Morgan fingerprint density at radius 2 is 2.07 bits per heavy atom. The van der Waals surface area contributed by atoms with E-state index in [-0.39, 0.29) is 13.0 Å². The van der Waals surface area contributed by atoms with E-state index in [4.69, 9.17) is 25.5 Å². The zero-order valence-corrected chi connectivity index (χ0v) is 16.5. The molecule has 1 unspecified atom stereocenters. The number of hydrogen-bond donors (Lipinski definition) is 1. The molecule has 0 amide bonds. The van der Waals surface area contributed by atoms with Crippen LogP contribution in [-0.4, -0.2) is 41.5 Å². The van der Waals surface area contributed by atoms with Crippen LogP contribution in [0.25, 0.3) is 22.5 Å². The third-order valence-corrected chi connectivity index (χ3v) is 4.68. The van der Waals surface area contributed by atoms with Crippen LogP contribution in [0.4, 0.5) is 0 Å². The summed E-state index contributed by atoms with van der Waals surface area (Å²) in [6.07, 6.45) is 4.37. The number of rotatable bonds is 8. The van der Waals surface area contributed by atoms with Gasteiger partial charge in [-0.1, -0.05) is 11.6 Å². The zero-order valence-electron chi connectivity index (χ0n) is 15.8. The molecule has 0 aliphatic carbocycles. The fourth-order valence-electron chi connectivity index (χ4n) is 3.06. The number of aliphatic carboxylic acids is 1. The fourth-order valence-corrected chi connectivity index (χ4v) is 3.23. The van der Waals surface area contributed by atoms with Crippen LogP contribution in [0.5, 0.6) is 5.75 Å². The lowest BCUT2D eigenvalue weighted by atomic mass is 9.98. The van der Waals surface area contributed by atoms with Gasteiger partial charge in [0.1, 0.15) is 11.8 Å². The molecule has 0 bridgehead atoms. The van der Waals surface area contributed by atoms with E-state index >= 15 is 0 Å². The van der Waals surface area contributed by atoms with Crippen molar-refractivity contribution in [1.29, 1.82) is 0 Å². The number of carbonyl (C=O) groups is 1. The van der Waals surface area contributed by atoms with Crippen molar-refractivity contribution in [3.63, 3.8) is 0 Å². The molecule has 0 aliphatic heterocycles. The second-order valence-corrected chi connectivity index (χ2v) is 6.63. The zero-order chi connectivity index (χ0) is 21.0. The summed E-state index contributed by atoms with van der Waals surface area (Å²) in [7, 11) is 2.91. The highest BCUT2D eigenvalue weighted by atomic mass is 35.5. The number of carboxylic acid groups (broad SMARTS) is 1. The molecule has 0 spiro atoms. The number of aromatic nitrogens is 2. The molecule has 3 aromatic rings. The fraction of sp³-hybridized carbons (Fsp3) is 0.250. The minimum atomic E-state index is -1.14. The van der Waals surface area contributed by atoms with Gasteiger partial charge in [0, 0.05) is 42.4 Å². The maximum Gasteiger partial charge on any atom is 0.326 e. The summed E-state index contributed by atoms with van der Waals surface area (Å²) in [6, 6.07) is 5.37. The van der Waals surface area contributed by atoms with Crippen molar-refractivity contribution >= 4 is 17.6 Å². The standard InChI is InChI=1S/C20H19ClN2O6/c1-27-6-5-16(20(25)26)23-10-18(28-2)15(8-19(23)24)14-7-12(21)3-4-13(14)17-9-22-11-29-17/h3-4,7-11,16H,5-6H2,1-2H3,(H,25,26). The van der Waals surface area contributed by atoms with Gasteiger partial charge in [-0.2, -0.15) is 0 Å². The number of carboxylic acids is 1. The molecule has 1 aromatic carbocycles. The molecule has 1 atom stereocenters. The smallest absolute Gasteiger partial charge is 0.326 e. The normalized spacial score (nSPS) is 12.0. The van der Waals surface area contributed by atoms with Crippen LogP contribution in [0.3, 0.4) is 0 Å². The average molecular weight is 419 g/mol. The summed E-state index contributed by atoms with van der Waals surface area (Å²) in [5, 5.41) is 10.00. The van der Waals surface area contributed by atoms with E-state index in [1.54, 1.807) is 24.4 Å². The molecule has 152 valence electrons. The van der Waals surface area contributed by atoms with Crippen LogP contribution in [0.2, 0.25) is 5.02 Å². The number of nitrogens with zero attached hydrogens (tertiary/aromatic N) is 2. The predicted octanol–water partition coefficient (Wildman–Crippen LogP) is 3.49. The van der Waals surface area contributed by atoms with Crippen molar-refractivity contribution in [2.24, 2.45) is 0 Å². The van der Waals surface area contributed by atoms with Gasteiger partial charge in [-0.3, -0.25) is 9.36 Å². The third kappa shape index (κ3) is 4.33. The minimum absolute atomic E-state index is 0.134. The van der Waals surface area contributed by atoms with Gasteiger partial charge in [0.25, 0.3) is 5.56 Å². The molecule has 9 heteroatoms. The lowest BCUT2D eigenvalue weighted by molar-refractivity contribution is -0.141. The van der Waals surface area contributed by atoms with Gasteiger partial charge in [-0.25, -0.2) is 9.78 Å². The Kier molecular flexibility index (Phi) is 6.36. The molecule has 0 aliphatic rings. The highest BCUT2D eigenvalue weighted by Crippen LogP contribution is 2.38. The van der Waals surface area contributed by atoms with Crippen molar-refractivity contribution < 1.29 is 23.8 Å². The lowest BCUT2D eigenvalue weighted by Crippen LogP contribution is -2.30. The maximum atomic E-state index is 12.8.